The van der Waals surface area contributed by atoms with Crippen molar-refractivity contribution >= 4 is 23.3 Å². The lowest BCUT2D eigenvalue weighted by Crippen LogP contribution is -2.34. The predicted molar refractivity (Wildman–Crippen MR) is 84.1 cm³/mol. The second kappa shape index (κ2) is 6.43. The van der Waals surface area contributed by atoms with Gasteiger partial charge in [-0.05, 0) is 30.9 Å². The first-order chi connectivity index (χ1) is 9.95. The molecular formula is C14H21FN6. The Kier molecular flexibility index (Phi) is 4.62. The van der Waals surface area contributed by atoms with Gasteiger partial charge in [-0.15, -0.1) is 0 Å². The van der Waals surface area contributed by atoms with Crippen LogP contribution in [0.4, 0.5) is 15.8 Å². The first kappa shape index (κ1) is 15.1. The van der Waals surface area contributed by atoms with E-state index < -0.39 is 0 Å². The summed E-state index contributed by atoms with van der Waals surface area (Å²) in [5, 5.41) is 0. The van der Waals surface area contributed by atoms with Crippen molar-refractivity contribution in [3.63, 3.8) is 0 Å². The standard InChI is InChI=1S/C14H21FN6/c1-9-3-2-6-21(8-9)12-5-4-10(15)7-11(12)19-14(18)20-13(16)17/h4-5,7,9H,2-3,6,8H2,1H3,(H6,16,17,18,19,20). The van der Waals surface area contributed by atoms with Gasteiger partial charge in [0.2, 0.25) is 5.96 Å². The molecule has 1 fully saturated rings. The van der Waals surface area contributed by atoms with Gasteiger partial charge in [0, 0.05) is 19.2 Å². The van der Waals surface area contributed by atoms with E-state index in [1.807, 2.05) is 0 Å². The number of rotatable bonds is 2. The van der Waals surface area contributed by atoms with Crippen molar-refractivity contribution in [2.24, 2.45) is 33.1 Å². The van der Waals surface area contributed by atoms with E-state index in [1.54, 1.807) is 6.07 Å². The quantitative estimate of drug-likeness (QED) is 0.564. The third-order valence-corrected chi connectivity index (χ3v) is 3.41. The third-order valence-electron chi connectivity index (χ3n) is 3.41. The molecule has 0 amide bonds. The van der Waals surface area contributed by atoms with Gasteiger partial charge in [-0.3, -0.25) is 0 Å². The van der Waals surface area contributed by atoms with Gasteiger partial charge in [0.15, 0.2) is 5.96 Å². The summed E-state index contributed by atoms with van der Waals surface area (Å²) >= 11 is 0. The number of piperidine rings is 1. The molecule has 7 heteroatoms. The van der Waals surface area contributed by atoms with E-state index in [1.165, 1.54) is 18.6 Å². The van der Waals surface area contributed by atoms with Gasteiger partial charge in [0.05, 0.1) is 11.4 Å². The number of nitrogens with zero attached hydrogens (tertiary/aromatic N) is 3. The highest BCUT2D eigenvalue weighted by atomic mass is 19.1. The zero-order chi connectivity index (χ0) is 15.4. The normalized spacial score (nSPS) is 19.4. The summed E-state index contributed by atoms with van der Waals surface area (Å²) in [6.07, 6.45) is 2.30. The lowest BCUT2D eigenvalue weighted by molar-refractivity contribution is 0.447. The maximum Gasteiger partial charge on any atom is 0.223 e. The van der Waals surface area contributed by atoms with Crippen LogP contribution in [-0.2, 0) is 0 Å². The molecule has 1 aliphatic heterocycles. The second-order valence-corrected chi connectivity index (χ2v) is 5.33. The van der Waals surface area contributed by atoms with Crippen molar-refractivity contribution < 1.29 is 4.39 Å². The van der Waals surface area contributed by atoms with Crippen LogP contribution in [0.2, 0.25) is 0 Å². The molecule has 0 radical (unpaired) electrons. The van der Waals surface area contributed by atoms with Crippen LogP contribution < -0.4 is 22.1 Å². The number of aliphatic imine (C=N–C) groups is 2. The summed E-state index contributed by atoms with van der Waals surface area (Å²) in [5.74, 6) is -0.0524. The molecule has 0 saturated carbocycles. The van der Waals surface area contributed by atoms with Gasteiger partial charge in [0.1, 0.15) is 5.82 Å². The number of benzene rings is 1. The fourth-order valence-electron chi connectivity index (χ4n) is 2.54. The minimum atomic E-state index is -0.375. The van der Waals surface area contributed by atoms with Crippen LogP contribution in [0.1, 0.15) is 19.8 Å². The number of halogens is 1. The topological polar surface area (TPSA) is 106 Å². The van der Waals surface area contributed by atoms with Crippen LogP contribution in [0, 0.1) is 11.7 Å². The molecule has 6 N–H and O–H groups in total. The predicted octanol–water partition coefficient (Wildman–Crippen LogP) is 1.28. The van der Waals surface area contributed by atoms with Crippen molar-refractivity contribution in [3.8, 4) is 0 Å². The number of hydrogen-bond donors (Lipinski definition) is 3. The first-order valence-corrected chi connectivity index (χ1v) is 6.94. The van der Waals surface area contributed by atoms with Gasteiger partial charge < -0.3 is 22.1 Å². The van der Waals surface area contributed by atoms with Crippen molar-refractivity contribution in [2.75, 3.05) is 18.0 Å². The van der Waals surface area contributed by atoms with Crippen molar-refractivity contribution in [2.45, 2.75) is 19.8 Å². The van der Waals surface area contributed by atoms with Gasteiger partial charge in [-0.1, -0.05) is 6.92 Å². The third kappa shape index (κ3) is 4.08. The maximum atomic E-state index is 13.5. The van der Waals surface area contributed by atoms with E-state index in [2.05, 4.69) is 21.8 Å². The molecule has 0 aliphatic carbocycles. The molecule has 0 spiro atoms. The minimum Gasteiger partial charge on any atom is -0.370 e. The van der Waals surface area contributed by atoms with E-state index in [9.17, 15) is 4.39 Å². The van der Waals surface area contributed by atoms with Crippen LogP contribution >= 0.6 is 0 Å². The van der Waals surface area contributed by atoms with Gasteiger partial charge in [-0.2, -0.15) is 4.99 Å². The van der Waals surface area contributed by atoms with Crippen LogP contribution in [0.3, 0.4) is 0 Å². The second-order valence-electron chi connectivity index (χ2n) is 5.33. The number of hydrogen-bond acceptors (Lipinski definition) is 2. The van der Waals surface area contributed by atoms with Crippen LogP contribution in [0.15, 0.2) is 28.2 Å². The summed E-state index contributed by atoms with van der Waals surface area (Å²) in [7, 11) is 0. The number of guanidine groups is 2. The minimum absolute atomic E-state index is 0.0908. The average Bonchev–Trinajstić information content (AvgIpc) is 2.37. The fourth-order valence-corrected chi connectivity index (χ4v) is 2.54. The van der Waals surface area contributed by atoms with E-state index in [0.29, 0.717) is 11.6 Å². The Labute approximate surface area is 123 Å². The molecule has 21 heavy (non-hydrogen) atoms. The number of nitrogens with two attached hydrogens (primary N) is 3. The van der Waals surface area contributed by atoms with Crippen LogP contribution in [0.5, 0.6) is 0 Å². The Morgan fingerprint density at radius 2 is 2.10 bits per heavy atom. The molecule has 1 unspecified atom stereocenters. The molecule has 1 heterocycles. The Bertz CT molecular complexity index is 565. The van der Waals surface area contributed by atoms with Gasteiger partial charge in [0.25, 0.3) is 0 Å². The zero-order valence-corrected chi connectivity index (χ0v) is 12.1. The molecule has 1 saturated heterocycles. The Balaban J connectivity index is 2.35. The van der Waals surface area contributed by atoms with Crippen LogP contribution in [0.25, 0.3) is 0 Å². The smallest absolute Gasteiger partial charge is 0.223 e. The molecular weight excluding hydrogens is 271 g/mol. The molecule has 1 aliphatic rings. The molecule has 114 valence electrons. The summed E-state index contributed by atoms with van der Waals surface area (Å²) in [5.41, 5.74) is 17.4. The van der Waals surface area contributed by atoms with Gasteiger partial charge in [-0.25, -0.2) is 9.38 Å². The molecule has 2 rings (SSSR count). The summed E-state index contributed by atoms with van der Waals surface area (Å²) in [6, 6.07) is 4.48. The monoisotopic (exact) mass is 292 g/mol. The Hall–Kier alpha value is -2.31. The fraction of sp³-hybridized carbons (Fsp3) is 0.429. The summed E-state index contributed by atoms with van der Waals surface area (Å²) < 4.78 is 13.5. The summed E-state index contributed by atoms with van der Waals surface area (Å²) in [4.78, 5) is 9.98. The van der Waals surface area contributed by atoms with Crippen molar-refractivity contribution in [3.05, 3.63) is 24.0 Å². The number of anilines is 1. The molecule has 1 aromatic carbocycles. The molecule has 0 bridgehead atoms. The summed E-state index contributed by atoms with van der Waals surface area (Å²) in [6.45, 7) is 4.03. The lowest BCUT2D eigenvalue weighted by Gasteiger charge is -2.33. The van der Waals surface area contributed by atoms with Gasteiger partial charge >= 0.3 is 0 Å². The molecule has 0 aromatic heterocycles. The first-order valence-electron chi connectivity index (χ1n) is 6.94. The maximum absolute atomic E-state index is 13.5. The Morgan fingerprint density at radius 1 is 1.33 bits per heavy atom. The molecule has 1 aromatic rings. The highest BCUT2D eigenvalue weighted by Crippen LogP contribution is 2.32. The average molecular weight is 292 g/mol. The van der Waals surface area contributed by atoms with Crippen molar-refractivity contribution in [1.29, 1.82) is 0 Å². The largest absolute Gasteiger partial charge is 0.370 e. The lowest BCUT2D eigenvalue weighted by atomic mass is 9.99. The van der Waals surface area contributed by atoms with E-state index in [0.717, 1.165) is 25.2 Å². The van der Waals surface area contributed by atoms with E-state index in [-0.39, 0.29) is 17.7 Å². The van der Waals surface area contributed by atoms with Crippen LogP contribution in [-0.4, -0.2) is 25.0 Å². The Morgan fingerprint density at radius 3 is 2.76 bits per heavy atom. The van der Waals surface area contributed by atoms with E-state index in [4.69, 9.17) is 17.2 Å². The van der Waals surface area contributed by atoms with Crippen molar-refractivity contribution in [1.82, 2.24) is 0 Å². The SMILES string of the molecule is CC1CCCN(c2ccc(F)cc2N=C(N)N=C(N)N)C1. The molecule has 6 nitrogen and oxygen atoms in total. The zero-order valence-electron chi connectivity index (χ0n) is 12.1. The van der Waals surface area contributed by atoms with E-state index >= 15 is 0 Å². The molecule has 1 atom stereocenters. The highest BCUT2D eigenvalue weighted by Gasteiger charge is 2.19. The highest BCUT2D eigenvalue weighted by molar-refractivity contribution is 5.94.